The molecule has 0 bridgehead atoms. The number of nitrogens with zero attached hydrogens (tertiary/aromatic N) is 3. The monoisotopic (exact) mass is 468 g/mol. The molecule has 0 saturated heterocycles. The summed E-state index contributed by atoms with van der Waals surface area (Å²) in [5, 5.41) is 7.36. The third-order valence-electron chi connectivity index (χ3n) is 5.42. The van der Waals surface area contributed by atoms with E-state index in [1.54, 1.807) is 47.3 Å². The average Bonchev–Trinajstić information content (AvgIpc) is 3.33. The summed E-state index contributed by atoms with van der Waals surface area (Å²) < 4.78 is 14.8. The number of anilines is 1. The van der Waals surface area contributed by atoms with E-state index in [0.717, 1.165) is 5.56 Å². The largest absolute Gasteiger partial charge is 0.309 e. The van der Waals surface area contributed by atoms with Gasteiger partial charge in [0.15, 0.2) is 5.82 Å². The molecular formula is C24H22ClFN4O3. The van der Waals surface area contributed by atoms with Crippen molar-refractivity contribution in [2.24, 2.45) is 0 Å². The second-order valence-electron chi connectivity index (χ2n) is 7.80. The first kappa shape index (κ1) is 22.7. The number of aromatic nitrogens is 2. The standard InChI is InChI=1S/C24H22ClFN4O3/c25-20-14-17(26)10-9-16(20)15-29-13-11-21(28-29)27-22(31)8-2-1-5-12-30-23(32)18-6-3-4-7-19(18)24(30)33/h3-4,6-7,9-11,13-14H,1-2,5,8,12,15H2,(H,27,28,31). The van der Waals surface area contributed by atoms with E-state index in [0.29, 0.717) is 60.7 Å². The fourth-order valence-corrected chi connectivity index (χ4v) is 3.95. The van der Waals surface area contributed by atoms with Crippen LogP contribution in [0.5, 0.6) is 0 Å². The van der Waals surface area contributed by atoms with Crippen LogP contribution in [0, 0.1) is 5.82 Å². The molecule has 0 unspecified atom stereocenters. The normalized spacial score (nSPS) is 12.8. The van der Waals surface area contributed by atoms with Gasteiger partial charge < -0.3 is 5.32 Å². The van der Waals surface area contributed by atoms with Gasteiger partial charge in [-0.3, -0.25) is 24.0 Å². The molecule has 0 atom stereocenters. The summed E-state index contributed by atoms with van der Waals surface area (Å²) in [6.45, 7) is 0.692. The number of benzene rings is 2. The highest BCUT2D eigenvalue weighted by atomic mass is 35.5. The van der Waals surface area contributed by atoms with Gasteiger partial charge >= 0.3 is 0 Å². The number of amides is 3. The Kier molecular flexibility index (Phi) is 6.84. The van der Waals surface area contributed by atoms with Crippen LogP contribution in [0.25, 0.3) is 0 Å². The molecule has 0 saturated carbocycles. The van der Waals surface area contributed by atoms with E-state index >= 15 is 0 Å². The predicted molar refractivity (Wildman–Crippen MR) is 122 cm³/mol. The Bertz CT molecular complexity index is 1170. The van der Waals surface area contributed by atoms with Gasteiger partial charge in [0, 0.05) is 30.3 Å². The molecule has 0 radical (unpaired) electrons. The van der Waals surface area contributed by atoms with Gasteiger partial charge in [-0.2, -0.15) is 5.10 Å². The summed E-state index contributed by atoms with van der Waals surface area (Å²) in [5.41, 5.74) is 1.61. The first-order chi connectivity index (χ1) is 15.9. The Labute approximate surface area is 195 Å². The quantitative estimate of drug-likeness (QED) is 0.369. The fraction of sp³-hybridized carbons (Fsp3) is 0.250. The van der Waals surface area contributed by atoms with Crippen molar-refractivity contribution < 1.29 is 18.8 Å². The van der Waals surface area contributed by atoms with E-state index in [1.807, 2.05) is 0 Å². The lowest BCUT2D eigenvalue weighted by atomic mass is 10.1. The summed E-state index contributed by atoms with van der Waals surface area (Å²) in [7, 11) is 0. The van der Waals surface area contributed by atoms with Gasteiger partial charge in [-0.05, 0) is 42.7 Å². The Hall–Kier alpha value is -3.52. The number of carbonyl (C=O) groups is 3. The molecule has 1 aromatic heterocycles. The van der Waals surface area contributed by atoms with Gasteiger partial charge in [-0.1, -0.05) is 36.2 Å². The lowest BCUT2D eigenvalue weighted by Crippen LogP contribution is -2.30. The number of hydrogen-bond donors (Lipinski definition) is 1. The summed E-state index contributed by atoms with van der Waals surface area (Å²) in [6, 6.07) is 12.7. The molecule has 1 aliphatic rings. The number of fused-ring (bicyclic) bond motifs is 1. The molecule has 9 heteroatoms. The van der Waals surface area contributed by atoms with Crippen LogP contribution in [-0.2, 0) is 11.3 Å². The molecule has 3 amide bonds. The molecule has 3 aromatic rings. The topological polar surface area (TPSA) is 84.3 Å². The Morgan fingerprint density at radius 1 is 1.00 bits per heavy atom. The predicted octanol–water partition coefficient (Wildman–Crippen LogP) is 4.52. The van der Waals surface area contributed by atoms with Crippen LogP contribution in [0.1, 0.15) is 52.0 Å². The molecule has 170 valence electrons. The molecule has 0 spiro atoms. The van der Waals surface area contributed by atoms with E-state index in [2.05, 4.69) is 10.4 Å². The summed E-state index contributed by atoms with van der Waals surface area (Å²) in [6.07, 6.45) is 3.97. The van der Waals surface area contributed by atoms with Crippen LogP contribution in [0.3, 0.4) is 0 Å². The van der Waals surface area contributed by atoms with Gasteiger partial charge in [-0.25, -0.2) is 4.39 Å². The van der Waals surface area contributed by atoms with Crippen LogP contribution < -0.4 is 5.32 Å². The van der Waals surface area contributed by atoms with Crippen molar-refractivity contribution in [3.05, 3.63) is 82.3 Å². The number of halogens is 2. The molecule has 4 rings (SSSR count). The van der Waals surface area contributed by atoms with Crippen molar-refractivity contribution >= 4 is 35.1 Å². The minimum absolute atomic E-state index is 0.166. The number of hydrogen-bond acceptors (Lipinski definition) is 4. The van der Waals surface area contributed by atoms with Crippen LogP contribution in [-0.4, -0.2) is 38.9 Å². The zero-order valence-electron chi connectivity index (χ0n) is 17.8. The first-order valence-electron chi connectivity index (χ1n) is 10.6. The highest BCUT2D eigenvalue weighted by molar-refractivity contribution is 6.31. The maximum Gasteiger partial charge on any atom is 0.261 e. The molecule has 1 N–H and O–H groups in total. The molecule has 2 aromatic carbocycles. The van der Waals surface area contributed by atoms with Gasteiger partial charge in [0.05, 0.1) is 17.7 Å². The Morgan fingerprint density at radius 2 is 1.73 bits per heavy atom. The zero-order chi connectivity index (χ0) is 23.4. The average molecular weight is 469 g/mol. The van der Waals surface area contributed by atoms with Crippen LogP contribution in [0.2, 0.25) is 5.02 Å². The van der Waals surface area contributed by atoms with E-state index in [1.165, 1.54) is 17.0 Å². The van der Waals surface area contributed by atoms with Gasteiger partial charge in [0.2, 0.25) is 5.91 Å². The zero-order valence-corrected chi connectivity index (χ0v) is 18.5. The molecule has 1 aliphatic heterocycles. The molecule has 2 heterocycles. The van der Waals surface area contributed by atoms with Crippen LogP contribution in [0.15, 0.2) is 54.7 Å². The van der Waals surface area contributed by atoms with E-state index in [-0.39, 0.29) is 17.7 Å². The summed E-state index contributed by atoms with van der Waals surface area (Å²) >= 11 is 6.04. The first-order valence-corrected chi connectivity index (χ1v) is 11.0. The van der Waals surface area contributed by atoms with Gasteiger partial charge in [0.25, 0.3) is 11.8 Å². The van der Waals surface area contributed by atoms with Crippen molar-refractivity contribution in [1.82, 2.24) is 14.7 Å². The summed E-state index contributed by atoms with van der Waals surface area (Å²) in [5.74, 6) is -0.664. The van der Waals surface area contributed by atoms with Crippen molar-refractivity contribution in [3.8, 4) is 0 Å². The van der Waals surface area contributed by atoms with Gasteiger partial charge in [0.1, 0.15) is 5.82 Å². The highest BCUT2D eigenvalue weighted by Gasteiger charge is 2.34. The Morgan fingerprint density at radius 3 is 2.42 bits per heavy atom. The van der Waals surface area contributed by atoms with Crippen molar-refractivity contribution in [2.45, 2.75) is 32.2 Å². The lowest BCUT2D eigenvalue weighted by Gasteiger charge is -2.13. The number of nitrogens with one attached hydrogen (secondary N) is 1. The minimum Gasteiger partial charge on any atom is -0.309 e. The number of carbonyl (C=O) groups excluding carboxylic acids is 3. The maximum atomic E-state index is 13.2. The lowest BCUT2D eigenvalue weighted by molar-refractivity contribution is -0.116. The second kappa shape index (κ2) is 9.95. The minimum atomic E-state index is -0.402. The van der Waals surface area contributed by atoms with Gasteiger partial charge in [-0.15, -0.1) is 0 Å². The number of imide groups is 1. The van der Waals surface area contributed by atoms with Crippen molar-refractivity contribution in [3.63, 3.8) is 0 Å². The fourth-order valence-electron chi connectivity index (χ4n) is 3.72. The molecule has 0 fully saturated rings. The maximum absolute atomic E-state index is 13.2. The third-order valence-corrected chi connectivity index (χ3v) is 5.77. The Balaban J connectivity index is 1.18. The number of unbranched alkanes of at least 4 members (excludes halogenated alkanes) is 2. The second-order valence-corrected chi connectivity index (χ2v) is 8.21. The SMILES string of the molecule is O=C(CCCCCN1C(=O)c2ccccc2C1=O)Nc1ccn(Cc2ccc(F)cc2Cl)n1. The molecular weight excluding hydrogens is 447 g/mol. The van der Waals surface area contributed by atoms with Crippen molar-refractivity contribution in [2.75, 3.05) is 11.9 Å². The molecule has 33 heavy (non-hydrogen) atoms. The van der Waals surface area contributed by atoms with Crippen molar-refractivity contribution in [1.29, 1.82) is 0 Å². The van der Waals surface area contributed by atoms with Crippen LogP contribution in [0.4, 0.5) is 10.2 Å². The van der Waals surface area contributed by atoms with E-state index in [4.69, 9.17) is 11.6 Å². The van der Waals surface area contributed by atoms with Crippen LogP contribution >= 0.6 is 11.6 Å². The summed E-state index contributed by atoms with van der Waals surface area (Å²) in [4.78, 5) is 38.2. The molecule has 7 nitrogen and oxygen atoms in total. The van der Waals surface area contributed by atoms with E-state index < -0.39 is 5.82 Å². The number of rotatable bonds is 9. The highest BCUT2D eigenvalue weighted by Crippen LogP contribution is 2.23. The third kappa shape index (κ3) is 5.28. The van der Waals surface area contributed by atoms with E-state index in [9.17, 15) is 18.8 Å². The smallest absolute Gasteiger partial charge is 0.261 e. The molecule has 0 aliphatic carbocycles.